The standard InChI is InChI=1S/C11H8N4S/c16-10-6-9(8-4-2-1-3-5-8)14-11-12-7-13-15(10)11/h1-7,16H. The average Bonchev–Trinajstić information content (AvgIpc) is 2.79. The number of fused-ring (bicyclic) bond motifs is 1. The van der Waals surface area contributed by atoms with Crippen molar-refractivity contribution in [2.75, 3.05) is 0 Å². The monoisotopic (exact) mass is 228 g/mol. The first-order chi connectivity index (χ1) is 7.84. The molecule has 0 N–H and O–H groups in total. The highest BCUT2D eigenvalue weighted by Gasteiger charge is 2.05. The fourth-order valence-corrected chi connectivity index (χ4v) is 1.82. The lowest BCUT2D eigenvalue weighted by Gasteiger charge is -2.02. The van der Waals surface area contributed by atoms with Crippen LogP contribution in [0, 0.1) is 0 Å². The van der Waals surface area contributed by atoms with Crippen molar-refractivity contribution in [1.29, 1.82) is 0 Å². The van der Waals surface area contributed by atoms with E-state index in [9.17, 15) is 0 Å². The minimum atomic E-state index is 0.561. The van der Waals surface area contributed by atoms with E-state index in [-0.39, 0.29) is 0 Å². The van der Waals surface area contributed by atoms with Gasteiger partial charge in [0.1, 0.15) is 11.4 Å². The van der Waals surface area contributed by atoms with Gasteiger partial charge in [0, 0.05) is 5.56 Å². The minimum absolute atomic E-state index is 0.561. The molecule has 0 saturated carbocycles. The van der Waals surface area contributed by atoms with E-state index < -0.39 is 0 Å². The molecule has 3 rings (SSSR count). The van der Waals surface area contributed by atoms with E-state index in [4.69, 9.17) is 0 Å². The smallest absolute Gasteiger partial charge is 0.211 e. The third kappa shape index (κ3) is 1.45. The highest BCUT2D eigenvalue weighted by atomic mass is 32.1. The molecule has 3 aromatic rings. The summed E-state index contributed by atoms with van der Waals surface area (Å²) in [4.78, 5) is 8.46. The number of nitrogens with zero attached hydrogens (tertiary/aromatic N) is 4. The summed E-state index contributed by atoms with van der Waals surface area (Å²) in [7, 11) is 0. The van der Waals surface area contributed by atoms with Crippen molar-refractivity contribution in [3.8, 4) is 11.3 Å². The third-order valence-corrected chi connectivity index (χ3v) is 2.62. The summed E-state index contributed by atoms with van der Waals surface area (Å²) in [5, 5.41) is 4.74. The Morgan fingerprint density at radius 1 is 1.12 bits per heavy atom. The predicted molar refractivity (Wildman–Crippen MR) is 63.5 cm³/mol. The number of benzene rings is 1. The van der Waals surface area contributed by atoms with E-state index in [1.807, 2.05) is 36.4 Å². The molecule has 1 aromatic carbocycles. The van der Waals surface area contributed by atoms with E-state index >= 15 is 0 Å². The van der Waals surface area contributed by atoms with Crippen LogP contribution in [0.25, 0.3) is 17.0 Å². The summed E-state index contributed by atoms with van der Waals surface area (Å²) in [5.41, 5.74) is 1.90. The number of hydrogen-bond acceptors (Lipinski definition) is 4. The van der Waals surface area contributed by atoms with Crippen molar-refractivity contribution in [2.24, 2.45) is 0 Å². The summed E-state index contributed by atoms with van der Waals surface area (Å²) < 4.78 is 1.59. The molecule has 16 heavy (non-hydrogen) atoms. The van der Waals surface area contributed by atoms with E-state index in [0.717, 1.165) is 16.3 Å². The van der Waals surface area contributed by atoms with Crippen LogP contribution in [0.3, 0.4) is 0 Å². The summed E-state index contributed by atoms with van der Waals surface area (Å²) in [6, 6.07) is 11.8. The molecule has 0 aliphatic rings. The molecule has 0 bridgehead atoms. The molecule has 4 nitrogen and oxygen atoms in total. The van der Waals surface area contributed by atoms with Crippen LogP contribution in [0.4, 0.5) is 0 Å². The zero-order valence-corrected chi connectivity index (χ0v) is 9.17. The van der Waals surface area contributed by atoms with Crippen LogP contribution < -0.4 is 0 Å². The largest absolute Gasteiger partial charge is 0.253 e. The Labute approximate surface area is 97.4 Å². The number of aromatic nitrogens is 4. The highest BCUT2D eigenvalue weighted by molar-refractivity contribution is 7.80. The van der Waals surface area contributed by atoms with Crippen LogP contribution in [0.5, 0.6) is 0 Å². The number of rotatable bonds is 1. The van der Waals surface area contributed by atoms with Crippen LogP contribution >= 0.6 is 12.6 Å². The van der Waals surface area contributed by atoms with Gasteiger partial charge in [0.25, 0.3) is 5.78 Å². The van der Waals surface area contributed by atoms with E-state index in [0.29, 0.717) is 5.78 Å². The topological polar surface area (TPSA) is 43.1 Å². The Morgan fingerprint density at radius 2 is 1.94 bits per heavy atom. The van der Waals surface area contributed by atoms with Crippen molar-refractivity contribution in [2.45, 2.75) is 5.03 Å². The molecule has 0 unspecified atom stereocenters. The molecule has 0 fully saturated rings. The number of hydrogen-bond donors (Lipinski definition) is 1. The van der Waals surface area contributed by atoms with Gasteiger partial charge in [-0.1, -0.05) is 30.3 Å². The molecule has 5 heteroatoms. The van der Waals surface area contributed by atoms with Gasteiger partial charge in [-0.05, 0) is 6.07 Å². The van der Waals surface area contributed by atoms with Gasteiger partial charge in [0.05, 0.1) is 5.69 Å². The minimum Gasteiger partial charge on any atom is -0.211 e. The first-order valence-corrected chi connectivity index (χ1v) is 5.24. The predicted octanol–water partition coefficient (Wildman–Crippen LogP) is 2.08. The summed E-state index contributed by atoms with van der Waals surface area (Å²) in [6.07, 6.45) is 1.47. The van der Waals surface area contributed by atoms with E-state index in [1.165, 1.54) is 6.33 Å². The van der Waals surface area contributed by atoms with Gasteiger partial charge >= 0.3 is 0 Å². The Morgan fingerprint density at radius 3 is 2.75 bits per heavy atom. The van der Waals surface area contributed by atoms with Crippen molar-refractivity contribution in [1.82, 2.24) is 19.6 Å². The molecule has 0 saturated heterocycles. The van der Waals surface area contributed by atoms with Crippen LogP contribution in [0.1, 0.15) is 0 Å². The van der Waals surface area contributed by atoms with Gasteiger partial charge in [-0.15, -0.1) is 12.6 Å². The Hall–Kier alpha value is -1.88. The van der Waals surface area contributed by atoms with Gasteiger partial charge in [0.15, 0.2) is 0 Å². The second-order valence-electron chi connectivity index (χ2n) is 3.34. The highest BCUT2D eigenvalue weighted by Crippen LogP contribution is 2.19. The molecule has 2 heterocycles. The van der Waals surface area contributed by atoms with Crippen LogP contribution in [0.2, 0.25) is 0 Å². The lowest BCUT2D eigenvalue weighted by atomic mass is 10.1. The van der Waals surface area contributed by atoms with E-state index in [2.05, 4.69) is 27.7 Å². The molecule has 0 radical (unpaired) electrons. The number of thiol groups is 1. The molecule has 78 valence electrons. The van der Waals surface area contributed by atoms with Crippen LogP contribution in [0.15, 0.2) is 47.8 Å². The normalized spacial score (nSPS) is 10.8. The van der Waals surface area contributed by atoms with E-state index in [1.54, 1.807) is 4.52 Å². The third-order valence-electron chi connectivity index (χ3n) is 2.30. The quantitative estimate of drug-likeness (QED) is 0.512. The fraction of sp³-hybridized carbons (Fsp3) is 0. The molecule has 0 aliphatic carbocycles. The molecule has 0 spiro atoms. The second-order valence-corrected chi connectivity index (χ2v) is 3.80. The van der Waals surface area contributed by atoms with Gasteiger partial charge in [0.2, 0.25) is 0 Å². The lowest BCUT2D eigenvalue weighted by Crippen LogP contribution is -1.95. The van der Waals surface area contributed by atoms with Gasteiger partial charge in [-0.3, -0.25) is 0 Å². The van der Waals surface area contributed by atoms with Crippen molar-refractivity contribution < 1.29 is 0 Å². The average molecular weight is 228 g/mol. The molecule has 2 aromatic heterocycles. The summed E-state index contributed by atoms with van der Waals surface area (Å²) >= 11 is 4.36. The molecular weight excluding hydrogens is 220 g/mol. The van der Waals surface area contributed by atoms with Crippen molar-refractivity contribution in [3.05, 3.63) is 42.7 Å². The van der Waals surface area contributed by atoms with Gasteiger partial charge in [-0.2, -0.15) is 14.6 Å². The second kappa shape index (κ2) is 3.61. The van der Waals surface area contributed by atoms with Crippen molar-refractivity contribution >= 4 is 18.4 Å². The summed E-state index contributed by atoms with van der Waals surface area (Å²) in [6.45, 7) is 0. The first-order valence-electron chi connectivity index (χ1n) is 4.80. The Kier molecular flexibility index (Phi) is 2.11. The maximum atomic E-state index is 4.41. The Bertz CT molecular complexity index is 633. The van der Waals surface area contributed by atoms with Gasteiger partial charge < -0.3 is 0 Å². The molecular formula is C11H8N4S. The van der Waals surface area contributed by atoms with Crippen LogP contribution in [-0.4, -0.2) is 19.6 Å². The summed E-state index contributed by atoms with van der Waals surface area (Å²) in [5.74, 6) is 0.561. The molecule has 0 atom stereocenters. The zero-order chi connectivity index (χ0) is 11.0. The fourth-order valence-electron chi connectivity index (χ4n) is 1.55. The molecule has 0 amide bonds. The lowest BCUT2D eigenvalue weighted by molar-refractivity contribution is 0.848. The first kappa shape index (κ1) is 9.35. The molecule has 0 aliphatic heterocycles. The maximum Gasteiger partial charge on any atom is 0.253 e. The Balaban J connectivity index is 2.25. The van der Waals surface area contributed by atoms with Crippen molar-refractivity contribution in [3.63, 3.8) is 0 Å². The zero-order valence-electron chi connectivity index (χ0n) is 8.28. The van der Waals surface area contributed by atoms with Gasteiger partial charge in [-0.25, -0.2) is 4.98 Å². The maximum absolute atomic E-state index is 4.41. The SMILES string of the molecule is Sc1cc(-c2ccccc2)nc2ncnn12. The van der Waals surface area contributed by atoms with Crippen LogP contribution in [-0.2, 0) is 0 Å².